The first-order valence-electron chi connectivity index (χ1n) is 11.0. The summed E-state index contributed by atoms with van der Waals surface area (Å²) in [5.74, 6) is 0. The van der Waals surface area contributed by atoms with Crippen molar-refractivity contribution in [1.82, 2.24) is 45.9 Å². The monoisotopic (exact) mass is 413 g/mol. The Hall–Kier alpha value is -1.84. The highest BCUT2D eigenvalue weighted by molar-refractivity contribution is 5.35. The fourth-order valence-electron chi connectivity index (χ4n) is 5.12. The van der Waals surface area contributed by atoms with Gasteiger partial charge in [-0.1, -0.05) is 31.2 Å². The standard InChI is InChI=1S/C21H35N9/c1-17(2,18(3,4)22-7)14-10-29(27-25-14)13-9-21(16(13)24-21)30-11-15(26-28-30)19(5)12-20(19,6)23-8/h10-11,13,16,22-24H,9,12H2,1-8H3. The molecule has 3 N–H and O–H groups in total. The van der Waals surface area contributed by atoms with Gasteiger partial charge >= 0.3 is 0 Å². The molecule has 5 atom stereocenters. The molecular weight excluding hydrogens is 378 g/mol. The molecule has 0 amide bonds. The molecule has 2 saturated carbocycles. The predicted molar refractivity (Wildman–Crippen MR) is 114 cm³/mol. The SMILES string of the molecule is CNC(C)(C)C(C)(C)c1cn(C2CC3(n4cc(C5(C)CC5(C)NC)nn4)NC23)nn1. The number of nitrogens with zero attached hydrogens (tertiary/aromatic N) is 6. The van der Waals surface area contributed by atoms with Crippen LogP contribution in [-0.2, 0) is 16.5 Å². The zero-order chi connectivity index (χ0) is 21.7. The number of hydrogen-bond donors (Lipinski definition) is 3. The van der Waals surface area contributed by atoms with Crippen LogP contribution in [-0.4, -0.2) is 61.2 Å². The summed E-state index contributed by atoms with van der Waals surface area (Å²) in [5, 5.41) is 28.5. The minimum Gasteiger partial charge on any atom is -0.314 e. The lowest BCUT2D eigenvalue weighted by molar-refractivity contribution is 0.194. The average Bonchev–Trinajstić information content (AvgIpc) is 3.24. The molecule has 0 spiro atoms. The first kappa shape index (κ1) is 20.1. The van der Waals surface area contributed by atoms with Crippen LogP contribution in [0.5, 0.6) is 0 Å². The van der Waals surface area contributed by atoms with Gasteiger partial charge in [0.2, 0.25) is 0 Å². The van der Waals surface area contributed by atoms with Gasteiger partial charge in [0.15, 0.2) is 0 Å². The zero-order valence-electron chi connectivity index (χ0n) is 19.4. The van der Waals surface area contributed by atoms with E-state index in [1.807, 2.05) is 23.5 Å². The van der Waals surface area contributed by atoms with Crippen LogP contribution in [0.1, 0.15) is 71.8 Å². The second-order valence-electron chi connectivity index (χ2n) is 11.0. The summed E-state index contributed by atoms with van der Waals surface area (Å²) in [6.45, 7) is 13.3. The lowest BCUT2D eigenvalue weighted by Crippen LogP contribution is -2.52. The molecule has 30 heavy (non-hydrogen) atoms. The third-order valence-electron chi connectivity index (χ3n) is 9.24. The quantitative estimate of drug-likeness (QED) is 0.583. The van der Waals surface area contributed by atoms with Gasteiger partial charge in [0, 0.05) is 34.5 Å². The molecule has 5 rings (SSSR count). The minimum absolute atomic E-state index is 0.0523. The van der Waals surface area contributed by atoms with Crippen molar-refractivity contribution < 1.29 is 0 Å². The Kier molecular flexibility index (Phi) is 3.81. The minimum atomic E-state index is -0.141. The summed E-state index contributed by atoms with van der Waals surface area (Å²) in [6.07, 6.45) is 6.28. The van der Waals surface area contributed by atoms with Crippen LogP contribution in [0.3, 0.4) is 0 Å². The molecule has 2 aromatic rings. The van der Waals surface area contributed by atoms with Crippen molar-refractivity contribution in [2.75, 3.05) is 14.1 Å². The number of likely N-dealkylation sites (N-methyl/N-ethyl adjacent to an activating group) is 2. The Morgan fingerprint density at radius 2 is 1.83 bits per heavy atom. The summed E-state index contributed by atoms with van der Waals surface area (Å²) in [5.41, 5.74) is 1.90. The Morgan fingerprint density at radius 1 is 1.10 bits per heavy atom. The maximum atomic E-state index is 4.53. The Labute approximate surface area is 178 Å². The molecule has 0 bridgehead atoms. The van der Waals surface area contributed by atoms with Gasteiger partial charge in [-0.15, -0.1) is 10.2 Å². The van der Waals surface area contributed by atoms with E-state index < -0.39 is 0 Å². The highest BCUT2D eigenvalue weighted by Crippen LogP contribution is 2.59. The lowest BCUT2D eigenvalue weighted by Gasteiger charge is -2.40. The maximum Gasteiger partial charge on any atom is 0.134 e. The summed E-state index contributed by atoms with van der Waals surface area (Å²) >= 11 is 0. The molecule has 164 valence electrons. The highest BCUT2D eigenvalue weighted by atomic mass is 15.6. The van der Waals surface area contributed by atoms with Crippen molar-refractivity contribution in [3.05, 3.63) is 23.8 Å². The molecule has 2 aliphatic carbocycles. The predicted octanol–water partition coefficient (Wildman–Crippen LogP) is 1.05. The molecule has 3 aliphatic rings. The molecule has 3 fully saturated rings. The number of fused-ring (bicyclic) bond motifs is 1. The molecule has 9 nitrogen and oxygen atoms in total. The van der Waals surface area contributed by atoms with E-state index in [0.717, 1.165) is 24.2 Å². The van der Waals surface area contributed by atoms with Crippen LogP contribution in [0, 0.1) is 0 Å². The topological polar surface area (TPSA) is 107 Å². The third-order valence-corrected chi connectivity index (χ3v) is 9.24. The van der Waals surface area contributed by atoms with Gasteiger partial charge in [-0.2, -0.15) is 0 Å². The van der Waals surface area contributed by atoms with Crippen molar-refractivity contribution >= 4 is 0 Å². The first-order chi connectivity index (χ1) is 13.9. The maximum absolute atomic E-state index is 4.53. The summed E-state index contributed by atoms with van der Waals surface area (Å²) in [6, 6.07) is 0.621. The number of rotatable bonds is 7. The van der Waals surface area contributed by atoms with E-state index in [1.54, 1.807) is 0 Å². The molecule has 3 heterocycles. The summed E-state index contributed by atoms with van der Waals surface area (Å²) < 4.78 is 4.07. The molecule has 1 aliphatic heterocycles. The van der Waals surface area contributed by atoms with Crippen LogP contribution in [0.4, 0.5) is 0 Å². The van der Waals surface area contributed by atoms with Gasteiger partial charge < -0.3 is 10.6 Å². The summed E-state index contributed by atoms with van der Waals surface area (Å²) in [4.78, 5) is 0. The van der Waals surface area contributed by atoms with E-state index in [0.29, 0.717) is 12.1 Å². The smallest absolute Gasteiger partial charge is 0.134 e. The van der Waals surface area contributed by atoms with Gasteiger partial charge in [0.05, 0.1) is 29.7 Å². The van der Waals surface area contributed by atoms with E-state index in [2.05, 4.69) is 90.5 Å². The molecular formula is C21H35N9. The van der Waals surface area contributed by atoms with E-state index >= 15 is 0 Å². The average molecular weight is 414 g/mol. The summed E-state index contributed by atoms with van der Waals surface area (Å²) in [7, 11) is 4.02. The Morgan fingerprint density at radius 3 is 2.43 bits per heavy atom. The fourth-order valence-corrected chi connectivity index (χ4v) is 5.12. The van der Waals surface area contributed by atoms with E-state index in [1.165, 1.54) is 0 Å². The molecule has 2 aromatic heterocycles. The first-order valence-corrected chi connectivity index (χ1v) is 11.0. The molecule has 9 heteroatoms. The number of hydrogen-bond acceptors (Lipinski definition) is 7. The van der Waals surface area contributed by atoms with Crippen molar-refractivity contribution in [2.45, 2.75) is 94.0 Å². The van der Waals surface area contributed by atoms with E-state index in [4.69, 9.17) is 0 Å². The van der Waals surface area contributed by atoms with Crippen molar-refractivity contribution in [3.8, 4) is 0 Å². The van der Waals surface area contributed by atoms with Crippen molar-refractivity contribution in [1.29, 1.82) is 0 Å². The number of aromatic nitrogens is 6. The van der Waals surface area contributed by atoms with Gasteiger partial charge in [-0.05, 0) is 41.3 Å². The zero-order valence-corrected chi connectivity index (χ0v) is 19.4. The molecule has 1 saturated heterocycles. The second kappa shape index (κ2) is 5.69. The fraction of sp³-hybridized carbons (Fsp3) is 0.810. The highest BCUT2D eigenvalue weighted by Gasteiger charge is 2.71. The third kappa shape index (κ3) is 2.34. The Balaban J connectivity index is 1.31. The van der Waals surface area contributed by atoms with Crippen LogP contribution in [0.25, 0.3) is 0 Å². The molecule has 0 radical (unpaired) electrons. The molecule has 5 unspecified atom stereocenters. The van der Waals surface area contributed by atoms with Gasteiger partial charge in [-0.3, -0.25) is 5.32 Å². The lowest BCUT2D eigenvalue weighted by atomic mass is 9.72. The normalized spacial score (nSPS) is 37.6. The second-order valence-corrected chi connectivity index (χ2v) is 11.0. The van der Waals surface area contributed by atoms with Crippen LogP contribution >= 0.6 is 0 Å². The van der Waals surface area contributed by atoms with E-state index in [9.17, 15) is 0 Å². The van der Waals surface area contributed by atoms with Crippen LogP contribution < -0.4 is 16.0 Å². The Bertz CT molecular complexity index is 990. The van der Waals surface area contributed by atoms with Gasteiger partial charge in [0.1, 0.15) is 5.66 Å². The van der Waals surface area contributed by atoms with Crippen LogP contribution in [0.2, 0.25) is 0 Å². The number of nitrogens with one attached hydrogen (secondary N) is 3. The molecule has 0 aromatic carbocycles. The van der Waals surface area contributed by atoms with Crippen LogP contribution in [0.15, 0.2) is 12.4 Å². The van der Waals surface area contributed by atoms with Crippen molar-refractivity contribution in [2.24, 2.45) is 0 Å². The van der Waals surface area contributed by atoms with Gasteiger partial charge in [0.25, 0.3) is 0 Å². The largest absolute Gasteiger partial charge is 0.314 e. The van der Waals surface area contributed by atoms with E-state index in [-0.39, 0.29) is 27.6 Å². The van der Waals surface area contributed by atoms with Crippen molar-refractivity contribution in [3.63, 3.8) is 0 Å². The van der Waals surface area contributed by atoms with Gasteiger partial charge in [-0.25, -0.2) is 9.36 Å².